The summed E-state index contributed by atoms with van der Waals surface area (Å²) >= 11 is 0. The maximum atomic E-state index is 10.8. The molecule has 0 atom stereocenters. The van der Waals surface area contributed by atoms with Crippen LogP contribution < -0.4 is 5.73 Å². The lowest BCUT2D eigenvalue weighted by Crippen LogP contribution is -2.35. The minimum atomic E-state index is -1.27. The van der Waals surface area contributed by atoms with Crippen molar-refractivity contribution in [2.45, 2.75) is 0 Å². The van der Waals surface area contributed by atoms with Crippen LogP contribution in [0.3, 0.4) is 0 Å². The molecule has 0 unspecified atom stereocenters. The molecule has 1 aromatic heterocycles. The van der Waals surface area contributed by atoms with Crippen LogP contribution in [0.4, 0.5) is 10.7 Å². The van der Waals surface area contributed by atoms with Gasteiger partial charge in [0, 0.05) is 6.21 Å². The highest BCUT2D eigenvalue weighted by Crippen LogP contribution is 2.16. The highest BCUT2D eigenvalue weighted by Gasteiger charge is 2.11. The van der Waals surface area contributed by atoms with E-state index in [4.69, 9.17) is 15.3 Å². The predicted molar refractivity (Wildman–Crippen MR) is 66.8 cm³/mol. The predicted octanol–water partition coefficient (Wildman–Crippen LogP) is 0.652. The number of hydrogen-bond acceptors (Lipinski definition) is 6. The Morgan fingerprint density at radius 1 is 1.55 bits per heavy atom. The van der Waals surface area contributed by atoms with E-state index < -0.39 is 29.4 Å². The Hall–Kier alpha value is -3.17. The van der Waals surface area contributed by atoms with Crippen LogP contribution in [-0.4, -0.2) is 39.8 Å². The summed E-state index contributed by atoms with van der Waals surface area (Å²) in [7, 11) is 0. The molecule has 0 fully saturated rings. The first-order valence-corrected chi connectivity index (χ1v) is 5.14. The zero-order chi connectivity index (χ0) is 15.1. The van der Waals surface area contributed by atoms with Crippen molar-refractivity contribution in [3.05, 3.63) is 34.1 Å². The molecular weight excluding hydrogens is 272 g/mol. The molecule has 106 valence electrons. The third-order valence-electron chi connectivity index (χ3n) is 1.88. The average molecular weight is 282 g/mol. The molecule has 0 saturated carbocycles. The third kappa shape index (κ3) is 4.60. The van der Waals surface area contributed by atoms with Gasteiger partial charge in [-0.25, -0.2) is 9.80 Å². The Labute approximate surface area is 111 Å². The van der Waals surface area contributed by atoms with Crippen LogP contribution in [0.15, 0.2) is 27.7 Å². The molecule has 0 aliphatic carbocycles. The minimum Gasteiger partial charge on any atom is -0.480 e. The molecule has 3 N–H and O–H groups in total. The van der Waals surface area contributed by atoms with Gasteiger partial charge < -0.3 is 15.3 Å². The van der Waals surface area contributed by atoms with Crippen molar-refractivity contribution in [3.8, 4) is 0 Å². The van der Waals surface area contributed by atoms with Crippen molar-refractivity contribution in [1.29, 1.82) is 0 Å². The third-order valence-corrected chi connectivity index (χ3v) is 1.88. The number of carboxylic acids is 1. The van der Waals surface area contributed by atoms with Crippen LogP contribution in [0.1, 0.15) is 5.76 Å². The Morgan fingerprint density at radius 2 is 2.25 bits per heavy atom. The standard InChI is InChI=1S/C10H10N4O6/c11-10(17)13(6-9(15)16)12-5-1-2-7-3-4-8(20-7)14(18)19/h1-5H,6H2,(H2,11,17)(H,15,16). The van der Waals surface area contributed by atoms with Gasteiger partial charge in [-0.2, -0.15) is 5.10 Å². The SMILES string of the molecule is NC(=O)N(CC(=O)O)N=CC=Cc1ccc([N+](=O)[O-])o1. The Balaban J connectivity index is 2.65. The van der Waals surface area contributed by atoms with Crippen molar-refractivity contribution in [1.82, 2.24) is 5.01 Å². The van der Waals surface area contributed by atoms with E-state index in [1.54, 1.807) is 0 Å². The van der Waals surface area contributed by atoms with E-state index in [1.807, 2.05) is 0 Å². The van der Waals surface area contributed by atoms with E-state index in [9.17, 15) is 19.7 Å². The lowest BCUT2D eigenvalue weighted by Gasteiger charge is -2.09. The summed E-state index contributed by atoms with van der Waals surface area (Å²) in [5.74, 6) is -1.48. The number of hydrogen-bond donors (Lipinski definition) is 2. The summed E-state index contributed by atoms with van der Waals surface area (Å²) in [6, 6.07) is 1.52. The zero-order valence-electron chi connectivity index (χ0n) is 10.0. The Bertz CT molecular complexity index is 576. The van der Waals surface area contributed by atoms with Crippen LogP contribution >= 0.6 is 0 Å². The fraction of sp³-hybridized carbons (Fsp3) is 0.100. The first kappa shape index (κ1) is 14.9. The number of nitrogens with two attached hydrogens (primary N) is 1. The average Bonchev–Trinajstić information content (AvgIpc) is 2.81. The summed E-state index contributed by atoms with van der Waals surface area (Å²) in [6.45, 7) is -0.675. The number of furan rings is 1. The van der Waals surface area contributed by atoms with Gasteiger partial charge in [0.15, 0.2) is 0 Å². The molecule has 1 aromatic rings. The summed E-state index contributed by atoms with van der Waals surface area (Å²) in [6.07, 6.45) is 3.75. The lowest BCUT2D eigenvalue weighted by molar-refractivity contribution is -0.402. The van der Waals surface area contributed by atoms with Crippen LogP contribution in [0.5, 0.6) is 0 Å². The first-order valence-electron chi connectivity index (χ1n) is 5.14. The number of nitrogens with zero attached hydrogens (tertiary/aromatic N) is 3. The smallest absolute Gasteiger partial charge is 0.433 e. The van der Waals surface area contributed by atoms with Gasteiger partial charge in [-0.15, -0.1) is 0 Å². The van der Waals surface area contributed by atoms with Gasteiger partial charge in [-0.05, 0) is 18.2 Å². The summed E-state index contributed by atoms with van der Waals surface area (Å²) in [5.41, 5.74) is 4.91. The van der Waals surface area contributed by atoms with Gasteiger partial charge in [-0.3, -0.25) is 14.9 Å². The van der Waals surface area contributed by atoms with Crippen LogP contribution in [-0.2, 0) is 4.79 Å². The Kier molecular flexibility index (Phi) is 4.97. The van der Waals surface area contributed by atoms with Crippen molar-refractivity contribution in [2.24, 2.45) is 10.8 Å². The van der Waals surface area contributed by atoms with E-state index in [-0.39, 0.29) is 5.76 Å². The van der Waals surface area contributed by atoms with Gasteiger partial charge in [0.25, 0.3) is 0 Å². The number of primary amides is 1. The second kappa shape index (κ2) is 6.68. The number of carbonyl (C=O) groups is 2. The summed E-state index contributed by atoms with van der Waals surface area (Å²) in [4.78, 5) is 30.9. The molecular formula is C10H10N4O6. The maximum absolute atomic E-state index is 10.8. The van der Waals surface area contributed by atoms with Gasteiger partial charge in [0.2, 0.25) is 0 Å². The molecule has 0 aliphatic rings. The van der Waals surface area contributed by atoms with Crippen molar-refractivity contribution in [2.75, 3.05) is 6.54 Å². The number of carboxylic acid groups (broad SMARTS) is 1. The van der Waals surface area contributed by atoms with Crippen LogP contribution in [0, 0.1) is 10.1 Å². The van der Waals surface area contributed by atoms with E-state index in [1.165, 1.54) is 24.3 Å². The number of rotatable bonds is 6. The number of nitro groups is 1. The molecule has 10 nitrogen and oxygen atoms in total. The van der Waals surface area contributed by atoms with Crippen molar-refractivity contribution >= 4 is 30.2 Å². The fourth-order valence-electron chi connectivity index (χ4n) is 1.09. The molecule has 10 heteroatoms. The molecule has 0 bridgehead atoms. The van der Waals surface area contributed by atoms with E-state index in [2.05, 4.69) is 5.10 Å². The van der Waals surface area contributed by atoms with E-state index >= 15 is 0 Å². The monoisotopic (exact) mass is 282 g/mol. The molecule has 0 aliphatic heterocycles. The fourth-order valence-corrected chi connectivity index (χ4v) is 1.09. The van der Waals surface area contributed by atoms with Gasteiger partial charge >= 0.3 is 17.9 Å². The van der Waals surface area contributed by atoms with Gasteiger partial charge in [-0.1, -0.05) is 0 Å². The van der Waals surface area contributed by atoms with Crippen molar-refractivity contribution < 1.29 is 24.0 Å². The topological polar surface area (TPSA) is 152 Å². The molecule has 1 heterocycles. The largest absolute Gasteiger partial charge is 0.480 e. The van der Waals surface area contributed by atoms with Gasteiger partial charge in [0.05, 0.1) is 6.07 Å². The molecule has 0 saturated heterocycles. The summed E-state index contributed by atoms with van der Waals surface area (Å²) < 4.78 is 4.82. The quantitative estimate of drug-likeness (QED) is 0.443. The van der Waals surface area contributed by atoms with Crippen LogP contribution in [0.2, 0.25) is 0 Å². The normalized spacial score (nSPS) is 11.0. The van der Waals surface area contributed by atoms with E-state index in [0.29, 0.717) is 5.01 Å². The molecule has 0 spiro atoms. The molecule has 20 heavy (non-hydrogen) atoms. The molecule has 0 radical (unpaired) electrons. The maximum Gasteiger partial charge on any atom is 0.433 e. The zero-order valence-corrected chi connectivity index (χ0v) is 10.0. The van der Waals surface area contributed by atoms with Gasteiger partial charge in [0.1, 0.15) is 17.2 Å². The summed E-state index contributed by atoms with van der Waals surface area (Å²) in [5, 5.41) is 22.9. The van der Waals surface area contributed by atoms with E-state index in [0.717, 1.165) is 6.21 Å². The number of urea groups is 1. The lowest BCUT2D eigenvalue weighted by atomic mass is 10.4. The van der Waals surface area contributed by atoms with Crippen LogP contribution in [0.25, 0.3) is 6.08 Å². The number of allylic oxidation sites excluding steroid dienone is 1. The first-order chi connectivity index (χ1) is 9.40. The molecule has 2 amide bonds. The molecule has 1 rings (SSSR count). The number of amides is 2. The molecule has 0 aromatic carbocycles. The highest BCUT2D eigenvalue weighted by molar-refractivity contribution is 5.82. The van der Waals surface area contributed by atoms with Crippen molar-refractivity contribution in [3.63, 3.8) is 0 Å². The Morgan fingerprint density at radius 3 is 2.75 bits per heavy atom. The second-order valence-electron chi connectivity index (χ2n) is 3.35. The highest BCUT2D eigenvalue weighted by atomic mass is 16.6. The second-order valence-corrected chi connectivity index (χ2v) is 3.35. The number of aliphatic carboxylic acids is 1. The number of hydrazone groups is 1. The minimum absolute atomic E-state index is 0.201. The number of carbonyl (C=O) groups excluding carboxylic acids is 1.